The normalized spacial score (nSPS) is 15.5. The molecule has 0 atom stereocenters. The zero-order valence-corrected chi connectivity index (χ0v) is 24.5. The fourth-order valence-electron chi connectivity index (χ4n) is 4.64. The first-order valence-electron chi connectivity index (χ1n) is 13.3. The van der Waals surface area contributed by atoms with Crippen LogP contribution in [0, 0.1) is 0 Å². The van der Waals surface area contributed by atoms with Crippen molar-refractivity contribution in [3.63, 3.8) is 0 Å². The Morgan fingerprint density at radius 3 is 2.35 bits per heavy atom. The summed E-state index contributed by atoms with van der Waals surface area (Å²) in [7, 11) is -4.02. The summed E-state index contributed by atoms with van der Waals surface area (Å²) in [6.07, 6.45) is 3.47. The summed E-state index contributed by atoms with van der Waals surface area (Å²) >= 11 is 12.5. The molecule has 0 aromatic heterocycles. The van der Waals surface area contributed by atoms with Crippen LogP contribution in [0.15, 0.2) is 66.7 Å². The quantitative estimate of drug-likeness (QED) is 0.235. The Kier molecular flexibility index (Phi) is 10.9. The van der Waals surface area contributed by atoms with Crippen molar-refractivity contribution in [2.45, 2.75) is 25.7 Å². The maximum Gasteiger partial charge on any atom is 0.356 e. The Balaban J connectivity index is 0.000000312. The number of nitrogens with zero attached hydrogens (tertiary/aromatic N) is 2. The molecule has 0 spiro atoms. The van der Waals surface area contributed by atoms with Crippen molar-refractivity contribution in [3.05, 3.63) is 82.3 Å². The minimum Gasteiger partial charge on any atom is -0.494 e. The van der Waals surface area contributed by atoms with Gasteiger partial charge in [-0.25, -0.2) is 0 Å². The number of nitrogens with one attached hydrogen (secondary N) is 1. The second kappa shape index (κ2) is 14.4. The molecule has 0 aliphatic carbocycles. The van der Waals surface area contributed by atoms with Gasteiger partial charge >= 0.3 is 7.60 Å². The predicted octanol–water partition coefficient (Wildman–Crippen LogP) is 5.35. The summed E-state index contributed by atoms with van der Waals surface area (Å²) in [5.74, 6) is 0.903. The molecule has 2 aliphatic rings. The number of piperazine rings is 1. The van der Waals surface area contributed by atoms with Gasteiger partial charge in [0.1, 0.15) is 5.75 Å². The zero-order valence-electron chi connectivity index (χ0n) is 22.1. The maximum atomic E-state index is 11.5. The van der Waals surface area contributed by atoms with E-state index in [1.165, 1.54) is 17.7 Å². The summed E-state index contributed by atoms with van der Waals surface area (Å²) in [6.45, 7) is 5.71. The number of rotatable bonds is 8. The van der Waals surface area contributed by atoms with E-state index in [2.05, 4.69) is 21.2 Å². The Bertz CT molecular complexity index is 1330. The van der Waals surface area contributed by atoms with E-state index in [4.69, 9.17) is 37.7 Å². The molecule has 0 radical (unpaired) electrons. The molecule has 2 heterocycles. The third-order valence-electron chi connectivity index (χ3n) is 6.85. The van der Waals surface area contributed by atoms with Crippen LogP contribution in [0.3, 0.4) is 0 Å². The van der Waals surface area contributed by atoms with Gasteiger partial charge in [0.25, 0.3) is 0 Å². The molecule has 214 valence electrons. The van der Waals surface area contributed by atoms with Gasteiger partial charge in [-0.3, -0.25) is 14.3 Å². The van der Waals surface area contributed by atoms with E-state index in [9.17, 15) is 9.36 Å². The molecule has 0 saturated carbocycles. The highest BCUT2D eigenvalue weighted by molar-refractivity contribution is 7.60. The summed E-state index contributed by atoms with van der Waals surface area (Å²) < 4.78 is 16.4. The molecule has 1 saturated heterocycles. The molecule has 3 aromatic rings. The first-order chi connectivity index (χ1) is 19.2. The summed E-state index contributed by atoms with van der Waals surface area (Å²) in [4.78, 5) is 33.5. The molecule has 11 heteroatoms. The first-order valence-corrected chi connectivity index (χ1v) is 15.7. The summed E-state index contributed by atoms with van der Waals surface area (Å²) in [5.41, 5.74) is 3.10. The molecule has 1 fully saturated rings. The molecule has 2 aliphatic heterocycles. The largest absolute Gasteiger partial charge is 0.494 e. The Hall–Kier alpha value is -2.58. The van der Waals surface area contributed by atoms with Gasteiger partial charge in [-0.15, -0.1) is 0 Å². The van der Waals surface area contributed by atoms with Gasteiger partial charge in [-0.05, 0) is 61.7 Å². The number of aryl methyl sites for hydroxylation is 1. The van der Waals surface area contributed by atoms with Crippen LogP contribution in [-0.2, 0) is 15.8 Å². The minimum absolute atomic E-state index is 0.0648. The van der Waals surface area contributed by atoms with Gasteiger partial charge in [-0.2, -0.15) is 0 Å². The highest BCUT2D eigenvalue weighted by Gasteiger charge is 2.20. The van der Waals surface area contributed by atoms with E-state index in [0.29, 0.717) is 23.1 Å². The lowest BCUT2D eigenvalue weighted by Crippen LogP contribution is -2.46. The van der Waals surface area contributed by atoms with E-state index < -0.39 is 7.60 Å². The van der Waals surface area contributed by atoms with Gasteiger partial charge < -0.3 is 24.7 Å². The van der Waals surface area contributed by atoms with Crippen LogP contribution in [0.5, 0.6) is 5.75 Å². The summed E-state index contributed by atoms with van der Waals surface area (Å²) in [5, 5.41) is 4.24. The number of halogens is 2. The SMILES string of the molecule is O=C1CCc2ccc(OCCCCN3CCN(c4cccc(Cl)c4Cl)CC3)cc2N1.O=P(O)(O)c1ccccc1. The van der Waals surface area contributed by atoms with Crippen LogP contribution in [0.2, 0.25) is 10.0 Å². The van der Waals surface area contributed by atoms with Crippen LogP contribution in [-0.4, -0.2) is 59.9 Å². The molecule has 8 nitrogen and oxygen atoms in total. The average molecular weight is 606 g/mol. The van der Waals surface area contributed by atoms with Crippen LogP contribution < -0.4 is 20.3 Å². The van der Waals surface area contributed by atoms with Crippen LogP contribution >= 0.6 is 30.8 Å². The lowest BCUT2D eigenvalue weighted by molar-refractivity contribution is -0.116. The van der Waals surface area contributed by atoms with Crippen LogP contribution in [0.25, 0.3) is 0 Å². The second-order valence-electron chi connectivity index (χ2n) is 9.70. The van der Waals surface area contributed by atoms with E-state index >= 15 is 0 Å². The third-order valence-corrected chi connectivity index (χ3v) is 8.63. The number of hydrogen-bond acceptors (Lipinski definition) is 5. The van der Waals surface area contributed by atoms with Crippen molar-refractivity contribution in [2.75, 3.05) is 49.5 Å². The molecular formula is C29H34Cl2N3O5P. The Morgan fingerprint density at radius 1 is 0.900 bits per heavy atom. The van der Waals surface area contributed by atoms with Crippen molar-refractivity contribution in [1.82, 2.24) is 4.90 Å². The van der Waals surface area contributed by atoms with Crippen molar-refractivity contribution < 1.29 is 23.9 Å². The van der Waals surface area contributed by atoms with E-state index in [-0.39, 0.29) is 11.2 Å². The fourth-order valence-corrected chi connectivity index (χ4v) is 5.61. The monoisotopic (exact) mass is 605 g/mol. The average Bonchev–Trinajstić information content (AvgIpc) is 2.95. The maximum absolute atomic E-state index is 11.5. The number of unbranched alkanes of at least 4 members (excludes halogenated alkanes) is 1. The van der Waals surface area contributed by atoms with E-state index in [1.54, 1.807) is 18.2 Å². The minimum atomic E-state index is -4.02. The predicted molar refractivity (Wildman–Crippen MR) is 161 cm³/mol. The lowest BCUT2D eigenvalue weighted by atomic mass is 10.0. The molecule has 5 rings (SSSR count). The van der Waals surface area contributed by atoms with Crippen LogP contribution in [0.4, 0.5) is 11.4 Å². The first kappa shape index (κ1) is 30.4. The van der Waals surface area contributed by atoms with Gasteiger partial charge in [0.05, 0.1) is 27.6 Å². The molecular weight excluding hydrogens is 572 g/mol. The topological polar surface area (TPSA) is 102 Å². The van der Waals surface area contributed by atoms with Gasteiger partial charge in [-0.1, -0.05) is 53.5 Å². The van der Waals surface area contributed by atoms with Crippen molar-refractivity contribution in [3.8, 4) is 5.75 Å². The number of ether oxygens (including phenoxy) is 1. The van der Waals surface area contributed by atoms with Crippen molar-refractivity contribution >= 4 is 53.4 Å². The molecule has 0 bridgehead atoms. The third kappa shape index (κ3) is 8.71. The Labute approximate surface area is 245 Å². The van der Waals surface area contributed by atoms with Gasteiger partial charge in [0, 0.05) is 44.4 Å². The Morgan fingerprint density at radius 2 is 1.65 bits per heavy atom. The van der Waals surface area contributed by atoms with Crippen molar-refractivity contribution in [2.24, 2.45) is 0 Å². The number of anilines is 2. The molecule has 3 aromatic carbocycles. The second-order valence-corrected chi connectivity index (χ2v) is 12.1. The number of carbonyl (C=O) groups is 1. The van der Waals surface area contributed by atoms with Crippen molar-refractivity contribution in [1.29, 1.82) is 0 Å². The van der Waals surface area contributed by atoms with Gasteiger partial charge in [0.15, 0.2) is 0 Å². The number of benzene rings is 3. The molecule has 1 amide bonds. The fraction of sp³-hybridized carbons (Fsp3) is 0.345. The zero-order chi connectivity index (χ0) is 28.5. The highest BCUT2D eigenvalue weighted by Crippen LogP contribution is 2.33. The molecule has 0 unspecified atom stereocenters. The number of amides is 1. The standard InChI is InChI=1S/C23H27Cl2N3O2.C6H7O3P/c24-19-4-3-5-21(23(19)25)28-13-11-27(12-14-28)10-1-2-15-30-18-8-6-17-7-9-22(29)26-20(17)16-18;7-10(8,9)6-4-2-1-3-5-6/h3-6,8,16H,1-2,7,9-15H2,(H,26,29);1-5H,(H2,7,8,9). The highest BCUT2D eigenvalue weighted by atomic mass is 35.5. The van der Waals surface area contributed by atoms with Gasteiger partial charge in [0.2, 0.25) is 5.91 Å². The van der Waals surface area contributed by atoms with Crippen LogP contribution in [0.1, 0.15) is 24.8 Å². The van der Waals surface area contributed by atoms with E-state index in [1.807, 2.05) is 30.3 Å². The number of hydrogen-bond donors (Lipinski definition) is 3. The molecule has 3 N–H and O–H groups in total. The summed E-state index contributed by atoms with van der Waals surface area (Å²) in [6, 6.07) is 19.5. The lowest BCUT2D eigenvalue weighted by Gasteiger charge is -2.36. The number of carbonyl (C=O) groups excluding carboxylic acids is 1. The number of fused-ring (bicyclic) bond motifs is 1. The van der Waals surface area contributed by atoms with E-state index in [0.717, 1.165) is 69.1 Å². The molecule has 40 heavy (non-hydrogen) atoms. The smallest absolute Gasteiger partial charge is 0.356 e.